The van der Waals surface area contributed by atoms with Gasteiger partial charge in [0.1, 0.15) is 0 Å². The number of carbonyl (C=O) groups excluding carboxylic acids is 2. The summed E-state index contributed by atoms with van der Waals surface area (Å²) in [5, 5.41) is 3.88. The van der Waals surface area contributed by atoms with Crippen LogP contribution in [0.15, 0.2) is 80.9 Å². The van der Waals surface area contributed by atoms with Crippen LogP contribution in [-0.4, -0.2) is 35.4 Å². The van der Waals surface area contributed by atoms with Crippen LogP contribution in [0, 0.1) is 18.8 Å². The highest BCUT2D eigenvalue weighted by Gasteiger charge is 2.35. The molecule has 290 valence electrons. The molecule has 0 bridgehead atoms. The van der Waals surface area contributed by atoms with Gasteiger partial charge in [0.25, 0.3) is 5.91 Å². The van der Waals surface area contributed by atoms with E-state index in [1.165, 1.54) is 59.7 Å². The van der Waals surface area contributed by atoms with Crippen molar-refractivity contribution in [2.24, 2.45) is 16.8 Å². The molecule has 2 aromatic rings. The van der Waals surface area contributed by atoms with Gasteiger partial charge >= 0.3 is 0 Å². The lowest BCUT2D eigenvalue weighted by molar-refractivity contribution is -0.117. The molecule has 1 heterocycles. The van der Waals surface area contributed by atoms with E-state index in [2.05, 4.69) is 98.5 Å². The summed E-state index contributed by atoms with van der Waals surface area (Å²) in [6.07, 6.45) is 16.4. The molecule has 2 aromatic carbocycles. The molecule has 1 fully saturated rings. The van der Waals surface area contributed by atoms with Gasteiger partial charge in [-0.1, -0.05) is 114 Å². The maximum Gasteiger partial charge on any atom is 0.256 e. The van der Waals surface area contributed by atoms with Crippen LogP contribution in [-0.2, 0) is 4.79 Å². The highest BCUT2D eigenvalue weighted by molar-refractivity contribution is 9.10. The van der Waals surface area contributed by atoms with Crippen molar-refractivity contribution in [1.29, 1.82) is 0 Å². The summed E-state index contributed by atoms with van der Waals surface area (Å²) in [5.74, 6) is 1.96. The first-order valence-electron chi connectivity index (χ1n) is 20.5. The number of anilines is 1. The average Bonchev–Trinajstić information content (AvgIpc) is 4.01. The minimum absolute atomic E-state index is 0.00468. The van der Waals surface area contributed by atoms with Crippen LogP contribution < -0.4 is 5.32 Å². The zero-order chi connectivity index (χ0) is 39.1. The lowest BCUT2D eigenvalue weighted by Crippen LogP contribution is -2.46. The molecule has 1 amide bonds. The van der Waals surface area contributed by atoms with Crippen molar-refractivity contribution in [2.75, 3.05) is 11.9 Å². The zero-order valence-electron chi connectivity index (χ0n) is 34.4. The molecular weight excluding hydrogens is 718 g/mol. The Bertz CT molecular complexity index is 1610. The topological polar surface area (TPSA) is 61.8 Å². The number of halogens is 1. The van der Waals surface area contributed by atoms with Crippen LogP contribution in [0.5, 0.6) is 0 Å². The van der Waals surface area contributed by atoms with Crippen LogP contribution in [0.3, 0.4) is 0 Å². The Balaban J connectivity index is 0.000000846. The molecule has 0 aromatic heterocycles. The van der Waals surface area contributed by atoms with Crippen LogP contribution in [0.25, 0.3) is 0 Å². The van der Waals surface area contributed by atoms with Crippen molar-refractivity contribution >= 4 is 45.2 Å². The lowest BCUT2D eigenvalue weighted by Gasteiger charge is -2.40. The largest absolute Gasteiger partial charge is 0.359 e. The van der Waals surface area contributed by atoms with Crippen LogP contribution in [0.1, 0.15) is 160 Å². The summed E-state index contributed by atoms with van der Waals surface area (Å²) in [6.45, 7) is 23.5. The second-order valence-corrected chi connectivity index (χ2v) is 16.0. The van der Waals surface area contributed by atoms with Crippen LogP contribution in [0.2, 0.25) is 0 Å². The summed E-state index contributed by atoms with van der Waals surface area (Å²) in [5.41, 5.74) is 10.5. The fourth-order valence-electron chi connectivity index (χ4n) is 7.09. The Morgan fingerprint density at radius 1 is 1.04 bits per heavy atom. The zero-order valence-corrected chi connectivity index (χ0v) is 36.0. The van der Waals surface area contributed by atoms with Crippen molar-refractivity contribution in [3.05, 3.63) is 92.6 Å². The number of carbonyl (C=O) groups is 2. The van der Waals surface area contributed by atoms with Gasteiger partial charge in [-0.3, -0.25) is 14.6 Å². The Labute approximate surface area is 331 Å². The molecule has 3 unspecified atom stereocenters. The highest BCUT2D eigenvalue weighted by atomic mass is 79.9. The second kappa shape index (κ2) is 22.2. The number of ketones is 1. The van der Waals surface area contributed by atoms with Crippen molar-refractivity contribution < 1.29 is 9.59 Å². The van der Waals surface area contributed by atoms with Crippen molar-refractivity contribution in [1.82, 2.24) is 4.90 Å². The Kier molecular flexibility index (Phi) is 18.5. The molecule has 1 N–H and O–H groups in total. The molecule has 0 radical (unpaired) electrons. The van der Waals surface area contributed by atoms with E-state index in [0.29, 0.717) is 18.0 Å². The van der Waals surface area contributed by atoms with Gasteiger partial charge < -0.3 is 10.2 Å². The van der Waals surface area contributed by atoms with E-state index in [0.717, 1.165) is 78.7 Å². The average molecular weight is 787 g/mol. The van der Waals surface area contributed by atoms with Gasteiger partial charge in [0, 0.05) is 41.0 Å². The molecule has 4 rings (SSSR count). The molecule has 53 heavy (non-hydrogen) atoms. The fourth-order valence-corrected chi connectivity index (χ4v) is 7.41. The van der Waals surface area contributed by atoms with Gasteiger partial charge in [0.05, 0.1) is 17.3 Å². The number of hydrogen-bond donors (Lipinski definition) is 1. The number of rotatable bonds is 18. The minimum Gasteiger partial charge on any atom is -0.359 e. The Morgan fingerprint density at radius 3 is 2.28 bits per heavy atom. The first-order valence-corrected chi connectivity index (χ1v) is 21.3. The van der Waals surface area contributed by atoms with Crippen molar-refractivity contribution in [3.8, 4) is 0 Å². The summed E-state index contributed by atoms with van der Waals surface area (Å²) >= 11 is 3.68. The van der Waals surface area contributed by atoms with Crippen molar-refractivity contribution in [2.45, 2.75) is 151 Å². The van der Waals surface area contributed by atoms with E-state index in [4.69, 9.17) is 4.99 Å². The molecule has 1 saturated carbocycles. The molecule has 2 aliphatic rings. The van der Waals surface area contributed by atoms with E-state index >= 15 is 0 Å². The second-order valence-electron chi connectivity index (χ2n) is 15.2. The number of unbranched alkanes of at least 4 members (excludes halogenated alkanes) is 1. The summed E-state index contributed by atoms with van der Waals surface area (Å²) in [7, 11) is 0. The van der Waals surface area contributed by atoms with E-state index in [1.54, 1.807) is 0 Å². The first-order chi connectivity index (χ1) is 25.4. The normalized spacial score (nSPS) is 17.5. The van der Waals surface area contributed by atoms with Crippen LogP contribution in [0.4, 0.5) is 11.4 Å². The van der Waals surface area contributed by atoms with Crippen LogP contribution >= 0.6 is 15.9 Å². The SMILES string of the molecule is C=CC(=O)C(C)CC.CCCC=Nc1c(C(=O)N2CCC(Nc3ccc(C(C)CCC4CC4)cc3)=C(C(CCC)=C(C)CC)C2CC)ccc(Br)c1C. The number of allylic oxidation sites excluding steroid dienone is 2. The van der Waals surface area contributed by atoms with Gasteiger partial charge in [0.15, 0.2) is 5.78 Å². The van der Waals surface area contributed by atoms with Gasteiger partial charge in [-0.2, -0.15) is 0 Å². The Morgan fingerprint density at radius 2 is 1.74 bits per heavy atom. The first kappa shape index (κ1) is 44.1. The molecular formula is C47H68BrN3O2. The standard InChI is InChI=1S/C40H56BrN3O.C7H12O/c1-8-12-25-42-39-29(7)35(41)23-22-34(39)40(45)44-26-24-36(38(37(44)11-4)33(13-9-2)27(5)10-3)43-32-20-18-31(19-21-32)28(6)14-15-30-16-17-30;1-4-6(3)7(8)5-2/h18-23,25,28,30,37,43H,8-17,24,26H2,1-7H3;5-6H,2,4H2,1,3H3. The highest BCUT2D eigenvalue weighted by Crippen LogP contribution is 2.40. The third kappa shape index (κ3) is 12.4. The number of amides is 1. The summed E-state index contributed by atoms with van der Waals surface area (Å²) in [6, 6.07) is 13.1. The summed E-state index contributed by atoms with van der Waals surface area (Å²) < 4.78 is 0.982. The number of benzene rings is 2. The van der Waals surface area contributed by atoms with Gasteiger partial charge in [-0.05, 0) is 123 Å². The maximum absolute atomic E-state index is 14.5. The molecule has 0 saturated heterocycles. The van der Waals surface area contributed by atoms with Crippen molar-refractivity contribution in [3.63, 3.8) is 0 Å². The lowest BCUT2D eigenvalue weighted by atomic mass is 9.83. The predicted molar refractivity (Wildman–Crippen MR) is 232 cm³/mol. The minimum atomic E-state index is -0.00468. The van der Waals surface area contributed by atoms with Gasteiger partial charge in [-0.25, -0.2) is 0 Å². The smallest absolute Gasteiger partial charge is 0.256 e. The van der Waals surface area contributed by atoms with E-state index in [1.807, 2.05) is 39.1 Å². The Hall–Kier alpha value is -3.25. The number of aliphatic imine (C=N–C) groups is 1. The monoisotopic (exact) mass is 785 g/mol. The predicted octanol–water partition coefficient (Wildman–Crippen LogP) is 13.9. The maximum atomic E-state index is 14.5. The quantitative estimate of drug-likeness (QED) is 0.121. The summed E-state index contributed by atoms with van der Waals surface area (Å²) in [4.78, 5) is 32.1. The molecule has 6 heteroatoms. The fraction of sp³-hybridized carbons (Fsp3) is 0.553. The molecule has 1 aliphatic carbocycles. The number of hydrogen-bond acceptors (Lipinski definition) is 4. The number of nitrogens with zero attached hydrogens (tertiary/aromatic N) is 2. The molecule has 1 aliphatic heterocycles. The van der Waals surface area contributed by atoms with E-state index < -0.39 is 0 Å². The number of nitrogens with one attached hydrogen (secondary N) is 1. The third-order valence-corrected chi connectivity index (χ3v) is 12.0. The van der Waals surface area contributed by atoms with Gasteiger partial charge in [0.2, 0.25) is 0 Å². The molecule has 0 spiro atoms. The van der Waals surface area contributed by atoms with Gasteiger partial charge in [-0.15, -0.1) is 0 Å². The van der Waals surface area contributed by atoms with E-state index in [9.17, 15) is 9.59 Å². The third-order valence-electron chi connectivity index (χ3n) is 11.2. The molecule has 5 nitrogen and oxygen atoms in total. The molecule has 3 atom stereocenters. The van der Waals surface area contributed by atoms with E-state index in [-0.39, 0.29) is 23.7 Å².